The number of nitrogens with zero attached hydrogens (tertiary/aromatic N) is 3. The second-order valence-electron chi connectivity index (χ2n) is 7.03. The van der Waals surface area contributed by atoms with E-state index in [1.165, 1.54) is 6.07 Å². The van der Waals surface area contributed by atoms with Crippen LogP contribution in [0.25, 0.3) is 11.4 Å². The Morgan fingerprint density at radius 1 is 1.41 bits per heavy atom. The van der Waals surface area contributed by atoms with Crippen LogP contribution in [0.5, 0.6) is 0 Å². The summed E-state index contributed by atoms with van der Waals surface area (Å²) in [7, 11) is 0. The topological polar surface area (TPSA) is 96.5 Å². The summed E-state index contributed by atoms with van der Waals surface area (Å²) < 4.78 is 18.6. The Morgan fingerprint density at radius 3 is 2.85 bits per heavy atom. The van der Waals surface area contributed by atoms with E-state index in [-0.39, 0.29) is 24.1 Å². The van der Waals surface area contributed by atoms with Crippen molar-refractivity contribution in [1.82, 2.24) is 15.0 Å². The van der Waals surface area contributed by atoms with Crippen LogP contribution < -0.4 is 0 Å². The van der Waals surface area contributed by atoms with E-state index in [1.54, 1.807) is 24.0 Å². The van der Waals surface area contributed by atoms with Crippen LogP contribution in [0.15, 0.2) is 22.7 Å². The average molecular weight is 375 g/mol. The van der Waals surface area contributed by atoms with E-state index in [0.717, 1.165) is 0 Å². The SMILES string of the molecule is Cc1cc(-c2noc(CCC(=O)N3CCC(C(=O)O)C(C)C3)n2)ccc1F. The van der Waals surface area contributed by atoms with Gasteiger partial charge in [-0.05, 0) is 43.0 Å². The number of aromatic nitrogens is 2. The highest BCUT2D eigenvalue weighted by molar-refractivity contribution is 5.77. The first-order chi connectivity index (χ1) is 12.8. The van der Waals surface area contributed by atoms with Crippen LogP contribution in [-0.4, -0.2) is 45.1 Å². The van der Waals surface area contributed by atoms with Crippen LogP contribution in [0.3, 0.4) is 0 Å². The summed E-state index contributed by atoms with van der Waals surface area (Å²) in [4.78, 5) is 29.5. The van der Waals surface area contributed by atoms with Crippen molar-refractivity contribution in [2.24, 2.45) is 11.8 Å². The minimum atomic E-state index is -0.802. The second kappa shape index (κ2) is 7.85. The molecule has 1 amide bonds. The molecule has 0 radical (unpaired) electrons. The van der Waals surface area contributed by atoms with Crippen molar-refractivity contribution in [3.8, 4) is 11.4 Å². The molecule has 1 aliphatic heterocycles. The third-order valence-electron chi connectivity index (χ3n) is 5.01. The number of carboxylic acid groups (broad SMARTS) is 1. The molecular weight excluding hydrogens is 353 g/mol. The molecule has 1 saturated heterocycles. The number of piperidine rings is 1. The van der Waals surface area contributed by atoms with Crippen LogP contribution in [0.1, 0.15) is 31.2 Å². The van der Waals surface area contributed by atoms with Crippen molar-refractivity contribution in [3.63, 3.8) is 0 Å². The molecule has 2 unspecified atom stereocenters. The monoisotopic (exact) mass is 375 g/mol. The Bertz CT molecular complexity index is 851. The van der Waals surface area contributed by atoms with Gasteiger partial charge in [0.05, 0.1) is 5.92 Å². The number of rotatable bonds is 5. The lowest BCUT2D eigenvalue weighted by atomic mass is 9.87. The molecule has 2 aromatic rings. The van der Waals surface area contributed by atoms with Crippen molar-refractivity contribution in [2.45, 2.75) is 33.1 Å². The van der Waals surface area contributed by atoms with Gasteiger partial charge < -0.3 is 14.5 Å². The van der Waals surface area contributed by atoms with Gasteiger partial charge in [0.2, 0.25) is 17.6 Å². The van der Waals surface area contributed by atoms with E-state index in [0.29, 0.717) is 48.8 Å². The first-order valence-corrected chi connectivity index (χ1v) is 8.95. The number of aliphatic carboxylic acids is 1. The number of likely N-dealkylation sites (tertiary alicyclic amines) is 1. The predicted molar refractivity (Wildman–Crippen MR) is 94.2 cm³/mol. The summed E-state index contributed by atoms with van der Waals surface area (Å²) in [5.41, 5.74) is 1.15. The molecule has 0 saturated carbocycles. The van der Waals surface area contributed by atoms with Gasteiger partial charge in [-0.2, -0.15) is 4.98 Å². The molecule has 27 heavy (non-hydrogen) atoms. The minimum absolute atomic E-state index is 0.0527. The Balaban J connectivity index is 1.56. The number of carbonyl (C=O) groups excluding carboxylic acids is 1. The van der Waals surface area contributed by atoms with Crippen molar-refractivity contribution < 1.29 is 23.6 Å². The number of hydrogen-bond donors (Lipinski definition) is 1. The maximum atomic E-state index is 13.4. The Morgan fingerprint density at radius 2 is 2.19 bits per heavy atom. The van der Waals surface area contributed by atoms with E-state index in [9.17, 15) is 14.0 Å². The lowest BCUT2D eigenvalue weighted by Gasteiger charge is -2.34. The molecule has 7 nitrogen and oxygen atoms in total. The van der Waals surface area contributed by atoms with E-state index in [1.807, 2.05) is 6.92 Å². The molecule has 0 spiro atoms. The van der Waals surface area contributed by atoms with Crippen molar-refractivity contribution >= 4 is 11.9 Å². The molecule has 144 valence electrons. The number of carbonyl (C=O) groups is 2. The fourth-order valence-electron chi connectivity index (χ4n) is 3.37. The molecule has 0 aliphatic carbocycles. The van der Waals surface area contributed by atoms with Crippen molar-refractivity contribution in [3.05, 3.63) is 35.5 Å². The third-order valence-corrected chi connectivity index (χ3v) is 5.01. The lowest BCUT2D eigenvalue weighted by Crippen LogP contribution is -2.45. The number of aryl methyl sites for hydroxylation is 2. The fraction of sp³-hybridized carbons (Fsp3) is 0.474. The van der Waals surface area contributed by atoms with Crippen LogP contribution in [0, 0.1) is 24.6 Å². The molecule has 0 bridgehead atoms. The summed E-state index contributed by atoms with van der Waals surface area (Å²) in [6.07, 6.45) is 0.991. The van der Waals surface area contributed by atoms with Gasteiger partial charge in [-0.1, -0.05) is 12.1 Å². The molecule has 2 atom stereocenters. The zero-order valence-electron chi connectivity index (χ0n) is 15.3. The predicted octanol–water partition coefficient (Wildman–Crippen LogP) is 2.69. The maximum absolute atomic E-state index is 13.4. The van der Waals surface area contributed by atoms with Gasteiger partial charge in [0, 0.05) is 31.5 Å². The summed E-state index contributed by atoms with van der Waals surface area (Å²) in [6.45, 7) is 4.41. The van der Waals surface area contributed by atoms with Gasteiger partial charge in [-0.25, -0.2) is 4.39 Å². The summed E-state index contributed by atoms with van der Waals surface area (Å²) in [5.74, 6) is -0.921. The van der Waals surface area contributed by atoms with E-state index < -0.39 is 11.9 Å². The number of halogens is 1. The molecule has 3 rings (SSSR count). The smallest absolute Gasteiger partial charge is 0.306 e. The normalized spacial score (nSPS) is 19.9. The number of hydrogen-bond acceptors (Lipinski definition) is 5. The van der Waals surface area contributed by atoms with Crippen molar-refractivity contribution in [2.75, 3.05) is 13.1 Å². The molecule has 1 fully saturated rings. The largest absolute Gasteiger partial charge is 0.481 e. The summed E-state index contributed by atoms with van der Waals surface area (Å²) in [6, 6.07) is 4.57. The summed E-state index contributed by atoms with van der Waals surface area (Å²) >= 11 is 0. The third kappa shape index (κ3) is 4.32. The van der Waals surface area contributed by atoms with Crippen LogP contribution >= 0.6 is 0 Å². The van der Waals surface area contributed by atoms with Crippen LogP contribution in [0.4, 0.5) is 4.39 Å². The lowest BCUT2D eigenvalue weighted by molar-refractivity contribution is -0.148. The zero-order chi connectivity index (χ0) is 19.6. The van der Waals surface area contributed by atoms with E-state index >= 15 is 0 Å². The van der Waals surface area contributed by atoms with Crippen LogP contribution in [0.2, 0.25) is 0 Å². The number of carboxylic acids is 1. The average Bonchev–Trinajstić information content (AvgIpc) is 3.10. The van der Waals surface area contributed by atoms with Gasteiger partial charge in [0.25, 0.3) is 0 Å². The zero-order valence-corrected chi connectivity index (χ0v) is 15.3. The van der Waals surface area contributed by atoms with E-state index in [4.69, 9.17) is 9.63 Å². The highest BCUT2D eigenvalue weighted by Crippen LogP contribution is 2.24. The van der Waals surface area contributed by atoms with Crippen molar-refractivity contribution in [1.29, 1.82) is 0 Å². The Kier molecular flexibility index (Phi) is 5.53. The Hall–Kier alpha value is -2.77. The minimum Gasteiger partial charge on any atom is -0.481 e. The maximum Gasteiger partial charge on any atom is 0.306 e. The highest BCUT2D eigenvalue weighted by Gasteiger charge is 2.32. The van der Waals surface area contributed by atoms with Gasteiger partial charge >= 0.3 is 5.97 Å². The van der Waals surface area contributed by atoms with Gasteiger partial charge in [0.15, 0.2) is 0 Å². The molecule has 1 aromatic carbocycles. The first-order valence-electron chi connectivity index (χ1n) is 8.95. The Labute approximate surface area is 156 Å². The second-order valence-corrected chi connectivity index (χ2v) is 7.03. The van der Waals surface area contributed by atoms with Gasteiger partial charge in [-0.15, -0.1) is 0 Å². The number of amides is 1. The van der Waals surface area contributed by atoms with Crippen LogP contribution in [-0.2, 0) is 16.0 Å². The fourth-order valence-corrected chi connectivity index (χ4v) is 3.37. The highest BCUT2D eigenvalue weighted by atomic mass is 19.1. The first kappa shape index (κ1) is 19.0. The molecule has 1 aliphatic rings. The van der Waals surface area contributed by atoms with Gasteiger partial charge in [-0.3, -0.25) is 9.59 Å². The molecule has 1 aromatic heterocycles. The van der Waals surface area contributed by atoms with E-state index in [2.05, 4.69) is 10.1 Å². The molecular formula is C19H22FN3O4. The number of benzene rings is 1. The standard InChI is InChI=1S/C19H22FN3O4/c1-11-9-13(3-4-15(11)20)18-21-16(27-22-18)5-6-17(24)23-8-7-14(19(25)26)12(2)10-23/h3-4,9,12,14H,5-8,10H2,1-2H3,(H,25,26). The quantitative estimate of drug-likeness (QED) is 0.863. The molecule has 1 N–H and O–H groups in total. The van der Waals surface area contributed by atoms with Gasteiger partial charge in [0.1, 0.15) is 5.82 Å². The summed E-state index contributed by atoms with van der Waals surface area (Å²) in [5, 5.41) is 13.1. The molecule has 2 heterocycles. The molecule has 8 heteroatoms.